The van der Waals surface area contributed by atoms with E-state index in [1.165, 1.54) is 13.0 Å². The van der Waals surface area contributed by atoms with Crippen molar-refractivity contribution in [2.75, 3.05) is 13.2 Å². The number of ether oxygens (including phenoxy) is 2. The SMILES string of the molecule is C=C1C(=O)OC2C=C(C)C(O)CC=C(CO)CC(OC(=O)C(C)=CCO)C12. The summed E-state index contributed by atoms with van der Waals surface area (Å²) in [5.41, 5.74) is 1.61. The van der Waals surface area contributed by atoms with Gasteiger partial charge in [0, 0.05) is 17.6 Å². The third-order valence-corrected chi connectivity index (χ3v) is 4.89. The number of aliphatic hydroxyl groups is 3. The number of hydrogen-bond acceptors (Lipinski definition) is 7. The molecule has 7 heteroatoms. The van der Waals surface area contributed by atoms with E-state index in [0.29, 0.717) is 11.1 Å². The number of fused-ring (bicyclic) bond motifs is 1. The quantitative estimate of drug-likeness (QED) is 0.379. The lowest BCUT2D eigenvalue weighted by Gasteiger charge is -2.28. The highest BCUT2D eigenvalue weighted by Crippen LogP contribution is 2.36. The summed E-state index contributed by atoms with van der Waals surface area (Å²) in [5.74, 6) is -1.85. The highest BCUT2D eigenvalue weighted by molar-refractivity contribution is 5.92. The first-order valence-electron chi connectivity index (χ1n) is 8.82. The molecule has 0 aromatic rings. The number of aliphatic hydroxyl groups excluding tert-OH is 3. The zero-order chi connectivity index (χ0) is 20.1. The minimum absolute atomic E-state index is 0.172. The molecule has 0 radical (unpaired) electrons. The maximum absolute atomic E-state index is 12.3. The zero-order valence-corrected chi connectivity index (χ0v) is 15.6. The van der Waals surface area contributed by atoms with Gasteiger partial charge in [-0.3, -0.25) is 0 Å². The van der Waals surface area contributed by atoms with Gasteiger partial charge >= 0.3 is 11.9 Å². The van der Waals surface area contributed by atoms with Crippen LogP contribution in [0.3, 0.4) is 0 Å². The second kappa shape index (κ2) is 9.12. The minimum atomic E-state index is -0.791. The molecule has 27 heavy (non-hydrogen) atoms. The van der Waals surface area contributed by atoms with Gasteiger partial charge in [-0.25, -0.2) is 9.59 Å². The highest BCUT2D eigenvalue weighted by Gasteiger charge is 2.44. The van der Waals surface area contributed by atoms with E-state index in [0.717, 1.165) is 0 Å². The van der Waals surface area contributed by atoms with Gasteiger partial charge in [-0.1, -0.05) is 12.7 Å². The monoisotopic (exact) mass is 378 g/mol. The van der Waals surface area contributed by atoms with Crippen LogP contribution < -0.4 is 0 Å². The van der Waals surface area contributed by atoms with Crippen molar-refractivity contribution in [3.63, 3.8) is 0 Å². The Hall–Kier alpha value is -2.22. The molecule has 7 nitrogen and oxygen atoms in total. The van der Waals surface area contributed by atoms with Crippen molar-refractivity contribution in [1.82, 2.24) is 0 Å². The first-order chi connectivity index (χ1) is 12.8. The van der Waals surface area contributed by atoms with Crippen molar-refractivity contribution < 1.29 is 34.4 Å². The molecule has 1 fully saturated rings. The van der Waals surface area contributed by atoms with Gasteiger partial charge in [0.15, 0.2) is 0 Å². The van der Waals surface area contributed by atoms with Crippen molar-refractivity contribution in [3.05, 3.63) is 47.1 Å². The van der Waals surface area contributed by atoms with Crippen molar-refractivity contribution in [2.24, 2.45) is 5.92 Å². The molecule has 2 aliphatic rings. The molecule has 0 spiro atoms. The Bertz CT molecular complexity index is 699. The molecule has 1 aliphatic heterocycles. The van der Waals surface area contributed by atoms with E-state index in [4.69, 9.17) is 14.6 Å². The van der Waals surface area contributed by atoms with Crippen LogP contribution in [0.1, 0.15) is 26.7 Å². The van der Waals surface area contributed by atoms with Gasteiger partial charge in [0.1, 0.15) is 12.2 Å². The lowest BCUT2D eigenvalue weighted by Crippen LogP contribution is -2.34. The molecular weight excluding hydrogens is 352 g/mol. The van der Waals surface area contributed by atoms with Gasteiger partial charge in [-0.05, 0) is 43.6 Å². The van der Waals surface area contributed by atoms with Crippen LogP contribution in [0.15, 0.2) is 47.1 Å². The Morgan fingerprint density at radius 3 is 2.78 bits per heavy atom. The number of esters is 2. The minimum Gasteiger partial charge on any atom is -0.458 e. The van der Waals surface area contributed by atoms with Crippen LogP contribution in [0, 0.1) is 5.92 Å². The molecule has 1 aliphatic carbocycles. The highest BCUT2D eigenvalue weighted by atomic mass is 16.6. The van der Waals surface area contributed by atoms with E-state index in [1.54, 1.807) is 19.1 Å². The number of rotatable bonds is 4. The average molecular weight is 378 g/mol. The average Bonchev–Trinajstić information content (AvgIpc) is 2.90. The second-order valence-corrected chi connectivity index (χ2v) is 6.82. The second-order valence-electron chi connectivity index (χ2n) is 6.82. The number of carbonyl (C=O) groups excluding carboxylic acids is 2. The van der Waals surface area contributed by atoms with Crippen molar-refractivity contribution in [3.8, 4) is 0 Å². The van der Waals surface area contributed by atoms with Crippen molar-refractivity contribution in [2.45, 2.75) is 45.0 Å². The molecular formula is C20H26O7. The normalized spacial score (nSPS) is 29.4. The lowest BCUT2D eigenvalue weighted by atomic mass is 9.85. The van der Waals surface area contributed by atoms with E-state index < -0.39 is 36.2 Å². The summed E-state index contributed by atoms with van der Waals surface area (Å²) in [6.45, 7) is 6.46. The maximum Gasteiger partial charge on any atom is 0.334 e. The first kappa shape index (κ1) is 21.1. The van der Waals surface area contributed by atoms with Gasteiger partial charge in [-0.15, -0.1) is 0 Å². The summed E-state index contributed by atoms with van der Waals surface area (Å²) < 4.78 is 11.0. The fraction of sp³-hybridized carbons (Fsp3) is 0.500. The molecule has 0 aromatic carbocycles. The molecule has 1 heterocycles. The molecule has 148 valence electrons. The van der Waals surface area contributed by atoms with Gasteiger partial charge in [0.2, 0.25) is 0 Å². The maximum atomic E-state index is 12.3. The molecule has 0 bridgehead atoms. The van der Waals surface area contributed by atoms with E-state index in [2.05, 4.69) is 6.58 Å². The summed E-state index contributed by atoms with van der Waals surface area (Å²) >= 11 is 0. The summed E-state index contributed by atoms with van der Waals surface area (Å²) in [6.07, 6.45) is 2.86. The molecule has 0 aromatic heterocycles. The van der Waals surface area contributed by atoms with Crippen LogP contribution in [0.2, 0.25) is 0 Å². The zero-order valence-electron chi connectivity index (χ0n) is 15.6. The van der Waals surface area contributed by atoms with Gasteiger partial charge in [0.05, 0.1) is 25.2 Å². The van der Waals surface area contributed by atoms with E-state index in [-0.39, 0.29) is 37.2 Å². The molecule has 0 amide bonds. The molecule has 3 N–H and O–H groups in total. The van der Waals surface area contributed by atoms with Crippen molar-refractivity contribution in [1.29, 1.82) is 0 Å². The fourth-order valence-electron chi connectivity index (χ4n) is 3.18. The molecule has 2 rings (SSSR count). The number of hydrogen-bond donors (Lipinski definition) is 3. The van der Waals surface area contributed by atoms with Gasteiger partial charge in [0.25, 0.3) is 0 Å². The Morgan fingerprint density at radius 1 is 1.44 bits per heavy atom. The Labute approximate surface area is 158 Å². The Morgan fingerprint density at radius 2 is 2.15 bits per heavy atom. The summed E-state index contributed by atoms with van der Waals surface area (Å²) in [5, 5.41) is 28.9. The molecule has 1 saturated heterocycles. The van der Waals surface area contributed by atoms with E-state index in [9.17, 15) is 19.8 Å². The predicted octanol–water partition coefficient (Wildman–Crippen LogP) is 0.954. The first-order valence-corrected chi connectivity index (χ1v) is 8.82. The largest absolute Gasteiger partial charge is 0.458 e. The molecule has 4 atom stereocenters. The third kappa shape index (κ3) is 4.94. The molecule has 0 saturated carbocycles. The predicted molar refractivity (Wildman–Crippen MR) is 97.4 cm³/mol. The number of carbonyl (C=O) groups is 2. The van der Waals surface area contributed by atoms with Crippen LogP contribution in [0.5, 0.6) is 0 Å². The third-order valence-electron chi connectivity index (χ3n) is 4.89. The van der Waals surface area contributed by atoms with Gasteiger partial charge in [-0.2, -0.15) is 0 Å². The summed E-state index contributed by atoms with van der Waals surface area (Å²) in [4.78, 5) is 24.4. The standard InChI is InChI=1S/C20H26O7/c1-11(6-7-21)19(24)26-17-9-14(10-22)4-5-15(23)12(2)8-16-18(17)13(3)20(25)27-16/h4,6,8,15-18,21-23H,3,5,7,9-10H2,1-2H3. The van der Waals surface area contributed by atoms with Crippen LogP contribution in [0.25, 0.3) is 0 Å². The van der Waals surface area contributed by atoms with Crippen molar-refractivity contribution >= 4 is 11.9 Å². The summed E-state index contributed by atoms with van der Waals surface area (Å²) in [6, 6.07) is 0. The van der Waals surface area contributed by atoms with Crippen LogP contribution in [-0.4, -0.2) is 58.8 Å². The topological polar surface area (TPSA) is 113 Å². The molecule has 4 unspecified atom stereocenters. The fourth-order valence-corrected chi connectivity index (χ4v) is 3.18. The smallest absolute Gasteiger partial charge is 0.334 e. The van der Waals surface area contributed by atoms with Crippen LogP contribution in [-0.2, 0) is 19.1 Å². The van der Waals surface area contributed by atoms with Gasteiger partial charge < -0.3 is 24.8 Å². The summed E-state index contributed by atoms with van der Waals surface area (Å²) in [7, 11) is 0. The van der Waals surface area contributed by atoms with E-state index >= 15 is 0 Å². The Balaban J connectivity index is 2.43. The van der Waals surface area contributed by atoms with Crippen LogP contribution >= 0.6 is 0 Å². The Kier molecular flexibility index (Phi) is 7.12. The lowest BCUT2D eigenvalue weighted by molar-refractivity contribution is -0.147. The van der Waals surface area contributed by atoms with Crippen LogP contribution in [0.4, 0.5) is 0 Å². The van der Waals surface area contributed by atoms with E-state index in [1.807, 2.05) is 0 Å².